The van der Waals surface area contributed by atoms with E-state index in [1.54, 1.807) is 23.1 Å². The second-order valence-electron chi connectivity index (χ2n) is 7.84. The molecular weight excluding hydrogens is 435 g/mol. The first-order valence-corrected chi connectivity index (χ1v) is 11.5. The number of fused-ring (bicyclic) bond motifs is 1. The van der Waals surface area contributed by atoms with E-state index in [-0.39, 0.29) is 23.9 Å². The molecule has 0 bridgehead atoms. The fourth-order valence-electron chi connectivity index (χ4n) is 4.25. The Kier molecular flexibility index (Phi) is 5.75. The van der Waals surface area contributed by atoms with Gasteiger partial charge in [0.2, 0.25) is 5.91 Å². The highest BCUT2D eigenvalue weighted by molar-refractivity contribution is 7.10. The third-order valence-corrected chi connectivity index (χ3v) is 6.63. The third kappa shape index (κ3) is 4.05. The van der Waals surface area contributed by atoms with Crippen LogP contribution in [0.25, 0.3) is 0 Å². The summed E-state index contributed by atoms with van der Waals surface area (Å²) in [4.78, 5) is 31.3. The van der Waals surface area contributed by atoms with Crippen LogP contribution in [-0.4, -0.2) is 11.8 Å². The van der Waals surface area contributed by atoms with Gasteiger partial charge in [-0.2, -0.15) is 0 Å². The van der Waals surface area contributed by atoms with Crippen molar-refractivity contribution < 1.29 is 14.0 Å². The smallest absolute Gasteiger partial charge is 0.255 e. The lowest BCUT2D eigenvalue weighted by atomic mass is 10.0. The van der Waals surface area contributed by atoms with Crippen molar-refractivity contribution in [3.63, 3.8) is 0 Å². The van der Waals surface area contributed by atoms with Gasteiger partial charge >= 0.3 is 0 Å². The van der Waals surface area contributed by atoms with Gasteiger partial charge in [0.25, 0.3) is 5.91 Å². The molecule has 1 atom stereocenters. The summed E-state index contributed by atoms with van der Waals surface area (Å²) < 4.78 is 15.0. The van der Waals surface area contributed by atoms with Crippen LogP contribution in [0.2, 0.25) is 0 Å². The molecule has 0 fully saturated rings. The number of amides is 2. The van der Waals surface area contributed by atoms with Gasteiger partial charge in [-0.05, 0) is 35.2 Å². The van der Waals surface area contributed by atoms with E-state index in [4.69, 9.17) is 0 Å². The zero-order valence-electron chi connectivity index (χ0n) is 17.7. The van der Waals surface area contributed by atoms with Gasteiger partial charge in [-0.25, -0.2) is 4.39 Å². The van der Waals surface area contributed by atoms with E-state index < -0.39 is 11.9 Å². The first-order valence-electron chi connectivity index (χ1n) is 10.7. The maximum Gasteiger partial charge on any atom is 0.255 e. The summed E-state index contributed by atoms with van der Waals surface area (Å²) in [5.74, 6) is -1.11. The van der Waals surface area contributed by atoms with Crippen molar-refractivity contribution in [2.75, 3.05) is 9.80 Å². The predicted molar refractivity (Wildman–Crippen MR) is 129 cm³/mol. The van der Waals surface area contributed by atoms with Crippen molar-refractivity contribution in [3.8, 4) is 0 Å². The SMILES string of the molecule is O=C1C(N(C(=O)Cc2cccs2)c2ccccc2F)c2ccccc2N1Cc1ccccc1. The summed E-state index contributed by atoms with van der Waals surface area (Å²) in [5.41, 5.74) is 2.51. The molecular formula is C27H21FN2O2S. The van der Waals surface area contributed by atoms with Gasteiger partial charge in [-0.1, -0.05) is 66.7 Å². The number of anilines is 2. The highest BCUT2D eigenvalue weighted by Gasteiger charge is 2.43. The third-order valence-electron chi connectivity index (χ3n) is 5.75. The first-order chi connectivity index (χ1) is 16.1. The van der Waals surface area contributed by atoms with Crippen LogP contribution in [0.3, 0.4) is 0 Å². The van der Waals surface area contributed by atoms with Crippen LogP contribution in [-0.2, 0) is 22.6 Å². The molecule has 164 valence electrons. The molecule has 1 aliphatic heterocycles. The van der Waals surface area contributed by atoms with Crippen LogP contribution >= 0.6 is 11.3 Å². The van der Waals surface area contributed by atoms with E-state index in [1.807, 2.05) is 72.1 Å². The summed E-state index contributed by atoms with van der Waals surface area (Å²) in [5, 5.41) is 1.90. The number of halogens is 1. The van der Waals surface area contributed by atoms with Gasteiger partial charge in [0.15, 0.2) is 0 Å². The van der Waals surface area contributed by atoms with Crippen molar-refractivity contribution in [3.05, 3.63) is 118 Å². The molecule has 1 aromatic heterocycles. The average molecular weight is 457 g/mol. The highest BCUT2D eigenvalue weighted by Crippen LogP contribution is 2.42. The number of nitrogens with zero attached hydrogens (tertiary/aromatic N) is 2. The van der Waals surface area contributed by atoms with Gasteiger partial charge < -0.3 is 4.90 Å². The fourth-order valence-corrected chi connectivity index (χ4v) is 4.95. The molecule has 1 unspecified atom stereocenters. The lowest BCUT2D eigenvalue weighted by Gasteiger charge is -2.29. The lowest BCUT2D eigenvalue weighted by molar-refractivity contribution is -0.124. The normalized spacial score (nSPS) is 14.9. The zero-order chi connectivity index (χ0) is 22.8. The largest absolute Gasteiger partial charge is 0.306 e. The fraction of sp³-hybridized carbons (Fsp3) is 0.111. The first kappa shape index (κ1) is 21.1. The summed E-state index contributed by atoms with van der Waals surface area (Å²) in [6, 6.07) is 26.0. The number of thiophene rings is 1. The molecule has 33 heavy (non-hydrogen) atoms. The molecule has 2 heterocycles. The van der Waals surface area contributed by atoms with E-state index in [2.05, 4.69) is 0 Å². The van der Waals surface area contributed by atoms with Crippen molar-refractivity contribution in [1.82, 2.24) is 0 Å². The molecule has 4 aromatic rings. The van der Waals surface area contributed by atoms with Crippen LogP contribution in [0.5, 0.6) is 0 Å². The summed E-state index contributed by atoms with van der Waals surface area (Å²) >= 11 is 1.46. The van der Waals surface area contributed by atoms with E-state index in [9.17, 15) is 14.0 Å². The van der Waals surface area contributed by atoms with Crippen LogP contribution < -0.4 is 9.80 Å². The monoisotopic (exact) mass is 456 g/mol. The molecule has 3 aromatic carbocycles. The van der Waals surface area contributed by atoms with E-state index in [1.165, 1.54) is 22.3 Å². The van der Waals surface area contributed by atoms with Gasteiger partial charge in [-0.3, -0.25) is 14.5 Å². The Balaban J connectivity index is 1.59. The number of benzene rings is 3. The van der Waals surface area contributed by atoms with E-state index >= 15 is 0 Å². The minimum absolute atomic E-state index is 0.0939. The summed E-state index contributed by atoms with van der Waals surface area (Å²) in [7, 11) is 0. The Bertz CT molecular complexity index is 1290. The molecule has 2 amide bonds. The molecule has 5 rings (SSSR count). The number of carbonyl (C=O) groups excluding carboxylic acids is 2. The average Bonchev–Trinajstić information content (AvgIpc) is 3.43. The highest BCUT2D eigenvalue weighted by atomic mass is 32.1. The second kappa shape index (κ2) is 9.00. The topological polar surface area (TPSA) is 40.6 Å². The molecule has 0 radical (unpaired) electrons. The zero-order valence-corrected chi connectivity index (χ0v) is 18.5. The molecule has 0 N–H and O–H groups in total. The molecule has 4 nitrogen and oxygen atoms in total. The van der Waals surface area contributed by atoms with Crippen molar-refractivity contribution in [2.24, 2.45) is 0 Å². The number of rotatable bonds is 6. The number of hydrogen-bond donors (Lipinski definition) is 0. The van der Waals surface area contributed by atoms with Crippen molar-refractivity contribution in [2.45, 2.75) is 19.0 Å². The Hall–Kier alpha value is -3.77. The Morgan fingerprint density at radius 1 is 0.909 bits per heavy atom. The van der Waals surface area contributed by atoms with Gasteiger partial charge in [-0.15, -0.1) is 11.3 Å². The minimum Gasteiger partial charge on any atom is -0.306 e. The number of carbonyl (C=O) groups is 2. The number of para-hydroxylation sites is 2. The Morgan fingerprint density at radius 2 is 1.64 bits per heavy atom. The number of hydrogen-bond acceptors (Lipinski definition) is 3. The maximum atomic E-state index is 15.0. The van der Waals surface area contributed by atoms with E-state index in [0.29, 0.717) is 12.1 Å². The van der Waals surface area contributed by atoms with E-state index in [0.717, 1.165) is 16.1 Å². The van der Waals surface area contributed by atoms with Crippen molar-refractivity contribution >= 4 is 34.5 Å². The molecule has 6 heteroatoms. The Labute approximate surface area is 195 Å². The van der Waals surface area contributed by atoms with Gasteiger partial charge in [0.1, 0.15) is 11.9 Å². The molecule has 0 aliphatic carbocycles. The quantitative estimate of drug-likeness (QED) is 0.371. The van der Waals surface area contributed by atoms with Crippen LogP contribution in [0.1, 0.15) is 22.0 Å². The summed E-state index contributed by atoms with van der Waals surface area (Å²) in [6.07, 6.45) is 0.0939. The second-order valence-corrected chi connectivity index (χ2v) is 8.87. The molecule has 0 spiro atoms. The van der Waals surface area contributed by atoms with Crippen molar-refractivity contribution in [1.29, 1.82) is 0 Å². The summed E-state index contributed by atoms with van der Waals surface area (Å²) in [6.45, 7) is 0.372. The van der Waals surface area contributed by atoms with Crippen LogP contribution in [0, 0.1) is 5.82 Å². The van der Waals surface area contributed by atoms with Crippen LogP contribution in [0.15, 0.2) is 96.4 Å². The maximum absolute atomic E-state index is 15.0. The molecule has 0 saturated carbocycles. The molecule has 0 saturated heterocycles. The minimum atomic E-state index is -0.936. The standard InChI is InChI=1S/C27H21FN2O2S/c28-22-13-5-7-15-24(22)30(25(31)17-20-11-8-16-33-20)26-21-12-4-6-14-23(21)29(27(26)32)18-19-9-2-1-3-10-19/h1-16,26H,17-18H2. The predicted octanol–water partition coefficient (Wildman–Crippen LogP) is 5.75. The van der Waals surface area contributed by atoms with Gasteiger partial charge in [0, 0.05) is 16.1 Å². The van der Waals surface area contributed by atoms with Gasteiger partial charge in [0.05, 0.1) is 18.7 Å². The lowest BCUT2D eigenvalue weighted by Crippen LogP contribution is -2.42. The van der Waals surface area contributed by atoms with Crippen LogP contribution in [0.4, 0.5) is 15.8 Å². The molecule has 1 aliphatic rings. The Morgan fingerprint density at radius 3 is 2.39 bits per heavy atom.